The number of hydrogen-bond donors (Lipinski definition) is 0. The Labute approximate surface area is 426 Å². The molecule has 0 saturated carbocycles. The lowest BCUT2D eigenvalue weighted by Crippen LogP contribution is -2.30. The summed E-state index contributed by atoms with van der Waals surface area (Å²) in [6, 6.07) is 65.3. The molecule has 346 valence electrons. The van der Waals surface area contributed by atoms with Gasteiger partial charge in [-0.1, -0.05) is 170 Å². The molecule has 0 N–H and O–H groups in total. The van der Waals surface area contributed by atoms with Crippen LogP contribution in [0.15, 0.2) is 265 Å². The minimum atomic E-state index is -0.363. The molecule has 8 aromatic carbocycles. The van der Waals surface area contributed by atoms with Crippen LogP contribution in [0, 0.1) is 11.8 Å². The fourth-order valence-electron chi connectivity index (χ4n) is 11.4. The van der Waals surface area contributed by atoms with Crippen LogP contribution in [0.2, 0.25) is 0 Å². The third kappa shape index (κ3) is 7.35. The highest BCUT2D eigenvalue weighted by atomic mass is 32.1. The number of benzene rings is 8. The van der Waals surface area contributed by atoms with Crippen LogP contribution in [0.1, 0.15) is 15.9 Å². The summed E-state index contributed by atoms with van der Waals surface area (Å²) in [5, 5.41) is 1.99. The van der Waals surface area contributed by atoms with Crippen molar-refractivity contribution in [3.63, 3.8) is 0 Å². The summed E-state index contributed by atoms with van der Waals surface area (Å²) in [5.41, 5.74) is 21.1. The van der Waals surface area contributed by atoms with Gasteiger partial charge in [0, 0.05) is 39.5 Å². The van der Waals surface area contributed by atoms with E-state index in [1.54, 1.807) is 0 Å². The van der Waals surface area contributed by atoms with Crippen LogP contribution in [-0.4, -0.2) is 19.3 Å². The first-order chi connectivity index (χ1) is 36.1. The number of aromatic nitrogens is 3. The predicted molar refractivity (Wildman–Crippen MR) is 299 cm³/mol. The van der Waals surface area contributed by atoms with Gasteiger partial charge >= 0.3 is 5.97 Å². The Morgan fingerprint density at radius 1 is 0.534 bits per heavy atom. The van der Waals surface area contributed by atoms with Gasteiger partial charge in [0.1, 0.15) is 17.6 Å². The largest absolute Gasteiger partial charge is 0.457 e. The number of allylic oxidation sites excluding steroid dienone is 14. The Morgan fingerprint density at radius 2 is 1.11 bits per heavy atom. The first kappa shape index (κ1) is 42.7. The maximum atomic E-state index is 13.9. The quantitative estimate of drug-likeness (QED) is 0.128. The summed E-state index contributed by atoms with van der Waals surface area (Å²) >= 11 is 1.22. The van der Waals surface area contributed by atoms with Gasteiger partial charge in [-0.3, -0.25) is 0 Å². The normalized spacial score (nSPS) is 16.4. The van der Waals surface area contributed by atoms with Gasteiger partial charge in [0.15, 0.2) is 0 Å². The zero-order chi connectivity index (χ0) is 48.4. The molecule has 0 aliphatic heterocycles. The molecule has 0 saturated heterocycles. The molecule has 2 heterocycles. The SMILES string of the molecule is O=C(OCc1ccccc1)c1ccc2c(c1)c1cc(-c3ccc(N(c4ccc(-c5ccccc5)cc4)c4ccc(-c5ccccc5)cc4)c4nsnc34)ccc1n2C1=CC2=CC=CC3=CC=C4C=CC=C1C4C32. The molecule has 10 aromatic rings. The molecule has 2 atom stereocenters. The Hall–Kier alpha value is -9.17. The number of ether oxygens (including phenoxy) is 1. The lowest BCUT2D eigenvalue weighted by Gasteiger charge is -2.41. The molecule has 7 heteroatoms. The van der Waals surface area contributed by atoms with E-state index < -0.39 is 0 Å². The van der Waals surface area contributed by atoms with E-state index in [0.717, 1.165) is 83.4 Å². The molecule has 0 fully saturated rings. The molecule has 0 amide bonds. The molecular formula is C66H44N4O2S. The third-order valence-corrected chi connectivity index (χ3v) is 15.3. The summed E-state index contributed by atoms with van der Waals surface area (Å²) in [4.78, 5) is 16.2. The van der Waals surface area contributed by atoms with E-state index in [0.29, 0.717) is 5.56 Å². The summed E-state index contributed by atoms with van der Waals surface area (Å²) in [6.07, 6.45) is 20.4. The van der Waals surface area contributed by atoms with Crippen molar-refractivity contribution in [3.8, 4) is 33.4 Å². The summed E-state index contributed by atoms with van der Waals surface area (Å²) in [6.45, 7) is 0.194. The van der Waals surface area contributed by atoms with E-state index in [1.807, 2.05) is 54.6 Å². The average molecular weight is 957 g/mol. The highest BCUT2D eigenvalue weighted by Crippen LogP contribution is 2.53. The molecule has 6 nitrogen and oxygen atoms in total. The van der Waals surface area contributed by atoms with Crippen LogP contribution in [0.4, 0.5) is 17.1 Å². The number of hydrogen-bond acceptors (Lipinski definition) is 6. The van der Waals surface area contributed by atoms with Crippen molar-refractivity contribution >= 4 is 73.3 Å². The zero-order valence-electron chi connectivity index (χ0n) is 39.5. The maximum absolute atomic E-state index is 13.9. The van der Waals surface area contributed by atoms with Crippen molar-refractivity contribution in [1.82, 2.24) is 13.3 Å². The van der Waals surface area contributed by atoms with E-state index in [4.69, 9.17) is 13.5 Å². The smallest absolute Gasteiger partial charge is 0.338 e. The third-order valence-electron chi connectivity index (χ3n) is 14.8. The van der Waals surface area contributed by atoms with Crippen LogP contribution < -0.4 is 4.90 Å². The van der Waals surface area contributed by atoms with Gasteiger partial charge in [-0.15, -0.1) is 0 Å². The van der Waals surface area contributed by atoms with Crippen LogP contribution >= 0.6 is 11.7 Å². The van der Waals surface area contributed by atoms with Gasteiger partial charge in [-0.05, 0) is 128 Å². The summed E-state index contributed by atoms with van der Waals surface area (Å²) < 4.78 is 18.4. The molecule has 73 heavy (non-hydrogen) atoms. The first-order valence-corrected chi connectivity index (χ1v) is 25.4. The molecule has 14 rings (SSSR count). The van der Waals surface area contributed by atoms with E-state index >= 15 is 0 Å². The van der Waals surface area contributed by atoms with Gasteiger partial charge in [-0.2, -0.15) is 8.75 Å². The Balaban J connectivity index is 0.910. The molecular weight excluding hydrogens is 913 g/mol. The molecule has 4 aliphatic carbocycles. The minimum absolute atomic E-state index is 0.194. The molecule has 0 spiro atoms. The lowest BCUT2D eigenvalue weighted by molar-refractivity contribution is 0.0473. The van der Waals surface area contributed by atoms with Gasteiger partial charge in [0.2, 0.25) is 0 Å². The maximum Gasteiger partial charge on any atom is 0.338 e. The highest BCUT2D eigenvalue weighted by molar-refractivity contribution is 7.00. The number of anilines is 3. The van der Waals surface area contributed by atoms with Crippen LogP contribution in [0.5, 0.6) is 0 Å². The van der Waals surface area contributed by atoms with Gasteiger partial charge in [0.05, 0.1) is 39.7 Å². The highest BCUT2D eigenvalue weighted by Gasteiger charge is 2.40. The monoisotopic (exact) mass is 956 g/mol. The molecule has 0 radical (unpaired) electrons. The second-order valence-corrected chi connectivity index (χ2v) is 19.5. The van der Waals surface area contributed by atoms with Crippen molar-refractivity contribution in [2.24, 2.45) is 11.8 Å². The van der Waals surface area contributed by atoms with E-state index in [-0.39, 0.29) is 24.4 Å². The Kier molecular flexibility index (Phi) is 10.3. The van der Waals surface area contributed by atoms with E-state index in [1.165, 1.54) is 45.1 Å². The van der Waals surface area contributed by atoms with Crippen LogP contribution in [-0.2, 0) is 11.3 Å². The fourth-order valence-corrected chi connectivity index (χ4v) is 11.9. The Bertz CT molecular complexity index is 4000. The predicted octanol–water partition coefficient (Wildman–Crippen LogP) is 16.6. The zero-order valence-corrected chi connectivity index (χ0v) is 40.3. The number of esters is 1. The molecule has 2 unspecified atom stereocenters. The molecule has 4 aliphatic rings. The standard InChI is InChI=1S/C66H44N4O2S/c71-66(72-41-42-12-4-1-5-13-42)51-29-36-59-57(39-51)56-38-49(28-35-58(56)70(59)61-40-50-20-10-18-47-22-23-48-19-11-21-55(61)63(48)62(47)50)54-34-37-60(65-64(54)67-73-68-65)69(52-30-24-45(25-31-52)43-14-6-2-7-15-43)53-32-26-46(27-33-53)44-16-8-3-9-17-44/h1-40,62-63H,41H2. The summed E-state index contributed by atoms with van der Waals surface area (Å²) in [5.74, 6) is 0.108. The van der Waals surface area contributed by atoms with Gasteiger partial charge in [0.25, 0.3) is 0 Å². The number of rotatable bonds is 10. The number of carbonyl (C=O) groups is 1. The van der Waals surface area contributed by atoms with Gasteiger partial charge in [-0.25, -0.2) is 4.79 Å². The number of fused-ring (bicyclic) bond motifs is 4. The first-order valence-electron chi connectivity index (χ1n) is 24.7. The van der Waals surface area contributed by atoms with Crippen molar-refractivity contribution in [3.05, 3.63) is 276 Å². The fraction of sp³-hybridized carbons (Fsp3) is 0.0455. The average Bonchev–Trinajstić information content (AvgIpc) is 4.09. The number of nitrogens with zero attached hydrogens (tertiary/aromatic N) is 4. The lowest BCUT2D eigenvalue weighted by atomic mass is 9.63. The van der Waals surface area contributed by atoms with Crippen molar-refractivity contribution in [2.75, 3.05) is 4.90 Å². The molecule has 0 bridgehead atoms. The summed E-state index contributed by atoms with van der Waals surface area (Å²) in [7, 11) is 0. The topological polar surface area (TPSA) is 60.2 Å². The Morgan fingerprint density at radius 3 is 1.79 bits per heavy atom. The van der Waals surface area contributed by atoms with Crippen molar-refractivity contribution in [1.29, 1.82) is 0 Å². The van der Waals surface area contributed by atoms with Crippen LogP contribution in [0.25, 0.3) is 71.9 Å². The van der Waals surface area contributed by atoms with Crippen molar-refractivity contribution < 1.29 is 9.53 Å². The van der Waals surface area contributed by atoms with Gasteiger partial charge < -0.3 is 14.2 Å². The van der Waals surface area contributed by atoms with E-state index in [9.17, 15) is 4.79 Å². The van der Waals surface area contributed by atoms with E-state index in [2.05, 4.69) is 198 Å². The minimum Gasteiger partial charge on any atom is -0.457 e. The second-order valence-electron chi connectivity index (χ2n) is 18.9. The van der Waals surface area contributed by atoms with Crippen LogP contribution in [0.3, 0.4) is 0 Å². The number of carbonyl (C=O) groups excluding carboxylic acids is 1. The van der Waals surface area contributed by atoms with Crippen molar-refractivity contribution in [2.45, 2.75) is 6.61 Å². The second kappa shape index (κ2) is 17.6. The molecule has 2 aromatic heterocycles.